The van der Waals surface area contributed by atoms with E-state index in [1.807, 2.05) is 13.8 Å². The highest BCUT2D eigenvalue weighted by Crippen LogP contribution is 2.02. The maximum Gasteiger partial charge on any atom is 0.215 e. The van der Waals surface area contributed by atoms with Gasteiger partial charge in [0.25, 0.3) is 0 Å². The normalized spacial score (nSPS) is 12.8. The van der Waals surface area contributed by atoms with Gasteiger partial charge in [0.2, 0.25) is 10.0 Å². The van der Waals surface area contributed by atoms with E-state index in [1.165, 1.54) is 0 Å². The largest absolute Gasteiger partial charge is 0.378 e. The molecule has 0 aromatic heterocycles. The predicted molar refractivity (Wildman–Crippen MR) is 60.9 cm³/mol. The number of rotatable bonds is 6. The summed E-state index contributed by atoms with van der Waals surface area (Å²) in [5, 5.41) is 0. The number of terminal acetylenes is 1. The molecule has 0 aromatic carbocycles. The van der Waals surface area contributed by atoms with Gasteiger partial charge in [-0.1, -0.05) is 5.92 Å². The molecule has 0 unspecified atom stereocenters. The fraction of sp³-hybridized carbons (Fsp3) is 0.800. The van der Waals surface area contributed by atoms with E-state index in [1.54, 1.807) is 13.8 Å². The van der Waals surface area contributed by atoms with E-state index in [0.717, 1.165) is 0 Å². The summed E-state index contributed by atoms with van der Waals surface area (Å²) in [5.74, 6) is 2.29. The zero-order chi connectivity index (χ0) is 12.1. The van der Waals surface area contributed by atoms with Crippen molar-refractivity contribution in [2.24, 2.45) is 0 Å². The third-order valence-electron chi connectivity index (χ3n) is 1.57. The summed E-state index contributed by atoms with van der Waals surface area (Å²) < 4.78 is 30.6. The monoisotopic (exact) mass is 233 g/mol. The van der Waals surface area contributed by atoms with Crippen LogP contribution in [-0.4, -0.2) is 32.4 Å². The maximum atomic E-state index is 11.5. The van der Waals surface area contributed by atoms with Gasteiger partial charge in [-0.05, 0) is 27.7 Å². The second-order valence-electron chi connectivity index (χ2n) is 4.11. The molecule has 0 radical (unpaired) electrons. The molecule has 0 fully saturated rings. The predicted octanol–water partition coefficient (Wildman–Crippen LogP) is 0.743. The zero-order valence-corrected chi connectivity index (χ0v) is 10.5. The number of hydrogen-bond donors (Lipinski definition) is 1. The van der Waals surface area contributed by atoms with Gasteiger partial charge in [0.05, 0.1) is 24.0 Å². The summed E-state index contributed by atoms with van der Waals surface area (Å²) >= 11 is 0. The summed E-state index contributed by atoms with van der Waals surface area (Å²) in [6.45, 7) is 7.15. The molecule has 0 heterocycles. The van der Waals surface area contributed by atoms with Gasteiger partial charge in [-0.15, -0.1) is 6.42 Å². The smallest absolute Gasteiger partial charge is 0.215 e. The highest BCUT2D eigenvalue weighted by molar-refractivity contribution is 7.89. The Morgan fingerprint density at radius 3 is 2.40 bits per heavy atom. The Morgan fingerprint density at radius 1 is 1.47 bits per heavy atom. The molecule has 0 spiro atoms. The lowest BCUT2D eigenvalue weighted by Gasteiger charge is -2.19. The van der Waals surface area contributed by atoms with E-state index < -0.39 is 15.6 Å². The van der Waals surface area contributed by atoms with E-state index >= 15 is 0 Å². The molecule has 0 aliphatic carbocycles. The van der Waals surface area contributed by atoms with Crippen molar-refractivity contribution < 1.29 is 13.2 Å². The van der Waals surface area contributed by atoms with Gasteiger partial charge in [0.1, 0.15) is 0 Å². The van der Waals surface area contributed by atoms with Crippen molar-refractivity contribution in [3.05, 3.63) is 0 Å². The fourth-order valence-corrected chi connectivity index (χ4v) is 2.12. The van der Waals surface area contributed by atoms with Crippen LogP contribution in [0, 0.1) is 12.3 Å². The summed E-state index contributed by atoms with van der Waals surface area (Å²) in [7, 11) is -3.36. The van der Waals surface area contributed by atoms with Gasteiger partial charge < -0.3 is 4.74 Å². The molecule has 0 aromatic rings. The Balaban J connectivity index is 4.17. The molecule has 5 heteroatoms. The molecule has 0 bridgehead atoms. The molecule has 0 rings (SSSR count). The quantitative estimate of drug-likeness (QED) is 0.689. The van der Waals surface area contributed by atoms with Crippen molar-refractivity contribution in [1.29, 1.82) is 0 Å². The van der Waals surface area contributed by atoms with Crippen LogP contribution in [0.25, 0.3) is 0 Å². The highest BCUT2D eigenvalue weighted by Gasteiger charge is 2.22. The average Bonchev–Trinajstić information content (AvgIpc) is 2.01. The van der Waals surface area contributed by atoms with Crippen molar-refractivity contribution in [2.75, 3.05) is 12.4 Å². The van der Waals surface area contributed by atoms with Crippen molar-refractivity contribution in [1.82, 2.24) is 4.72 Å². The van der Waals surface area contributed by atoms with Crippen LogP contribution in [0.2, 0.25) is 0 Å². The molecule has 88 valence electrons. The third kappa shape index (κ3) is 7.37. The third-order valence-corrected chi connectivity index (χ3v) is 3.10. The van der Waals surface area contributed by atoms with Crippen LogP contribution < -0.4 is 4.72 Å². The summed E-state index contributed by atoms with van der Waals surface area (Å²) in [6.07, 6.45) is 5.21. The zero-order valence-electron chi connectivity index (χ0n) is 9.70. The van der Waals surface area contributed by atoms with E-state index in [0.29, 0.717) is 0 Å². The van der Waals surface area contributed by atoms with Gasteiger partial charge in [-0.3, -0.25) is 0 Å². The SMILES string of the molecule is C#CC(C)(C)NS(=O)(=O)CCOC(C)C. The summed E-state index contributed by atoms with van der Waals surface area (Å²) in [6, 6.07) is 0. The molecule has 0 aliphatic rings. The first-order valence-electron chi connectivity index (χ1n) is 4.79. The van der Waals surface area contributed by atoms with Crippen molar-refractivity contribution in [3.8, 4) is 12.3 Å². The standard InChI is InChI=1S/C10H19NO3S/c1-6-10(4,5)11-15(12,13)8-7-14-9(2)3/h1,9,11H,7-8H2,2-5H3. The molecule has 0 aliphatic heterocycles. The molecule has 1 N–H and O–H groups in total. The van der Waals surface area contributed by atoms with Gasteiger partial charge in [0, 0.05) is 0 Å². The number of sulfonamides is 1. The Hall–Kier alpha value is -0.570. The second kappa shape index (κ2) is 5.50. The number of ether oxygens (including phenoxy) is 1. The average molecular weight is 233 g/mol. The van der Waals surface area contributed by atoms with Crippen LogP contribution in [0.3, 0.4) is 0 Å². The molecule has 15 heavy (non-hydrogen) atoms. The Bertz CT molecular complexity index is 325. The highest BCUT2D eigenvalue weighted by atomic mass is 32.2. The lowest BCUT2D eigenvalue weighted by molar-refractivity contribution is 0.0911. The van der Waals surface area contributed by atoms with Gasteiger partial charge in [-0.25, -0.2) is 8.42 Å². The minimum atomic E-state index is -3.36. The van der Waals surface area contributed by atoms with Crippen molar-refractivity contribution in [3.63, 3.8) is 0 Å². The van der Waals surface area contributed by atoms with E-state index in [9.17, 15) is 8.42 Å². The first-order chi connectivity index (χ1) is 6.68. The van der Waals surface area contributed by atoms with Crippen LogP contribution in [-0.2, 0) is 14.8 Å². The Labute approximate surface area is 92.4 Å². The van der Waals surface area contributed by atoms with E-state index in [-0.39, 0.29) is 18.5 Å². The Kier molecular flexibility index (Phi) is 5.29. The molecule has 0 amide bonds. The van der Waals surface area contributed by atoms with Crippen LogP contribution in [0.15, 0.2) is 0 Å². The maximum absolute atomic E-state index is 11.5. The number of hydrogen-bond acceptors (Lipinski definition) is 3. The van der Waals surface area contributed by atoms with Gasteiger partial charge >= 0.3 is 0 Å². The fourth-order valence-electron chi connectivity index (χ4n) is 0.863. The van der Waals surface area contributed by atoms with Crippen LogP contribution in [0.5, 0.6) is 0 Å². The molecule has 0 atom stereocenters. The summed E-state index contributed by atoms with van der Waals surface area (Å²) in [5.41, 5.74) is -0.851. The number of nitrogens with one attached hydrogen (secondary N) is 1. The topological polar surface area (TPSA) is 55.4 Å². The van der Waals surface area contributed by atoms with Crippen molar-refractivity contribution in [2.45, 2.75) is 39.3 Å². The molecule has 0 saturated heterocycles. The van der Waals surface area contributed by atoms with Gasteiger partial charge in [0.15, 0.2) is 0 Å². The van der Waals surface area contributed by atoms with Crippen LogP contribution in [0.4, 0.5) is 0 Å². The second-order valence-corrected chi connectivity index (χ2v) is 5.95. The van der Waals surface area contributed by atoms with Crippen LogP contribution in [0.1, 0.15) is 27.7 Å². The molecule has 4 nitrogen and oxygen atoms in total. The molecule has 0 saturated carbocycles. The Morgan fingerprint density at radius 2 is 2.00 bits per heavy atom. The van der Waals surface area contributed by atoms with E-state index in [2.05, 4.69) is 10.6 Å². The van der Waals surface area contributed by atoms with E-state index in [4.69, 9.17) is 11.2 Å². The van der Waals surface area contributed by atoms with Gasteiger partial charge in [-0.2, -0.15) is 4.72 Å². The first kappa shape index (κ1) is 14.4. The minimum Gasteiger partial charge on any atom is -0.378 e. The molecular formula is C10H19NO3S. The lowest BCUT2D eigenvalue weighted by Crippen LogP contribution is -2.43. The first-order valence-corrected chi connectivity index (χ1v) is 6.45. The summed E-state index contributed by atoms with van der Waals surface area (Å²) in [4.78, 5) is 0. The lowest BCUT2D eigenvalue weighted by atomic mass is 10.1. The van der Waals surface area contributed by atoms with Crippen LogP contribution >= 0.6 is 0 Å². The molecular weight excluding hydrogens is 214 g/mol. The minimum absolute atomic E-state index is 0.0286. The van der Waals surface area contributed by atoms with Crippen molar-refractivity contribution >= 4 is 10.0 Å².